The second-order valence-electron chi connectivity index (χ2n) is 6.30. The molecule has 1 unspecified atom stereocenters. The lowest BCUT2D eigenvalue weighted by atomic mass is 9.91. The molecule has 2 rings (SSSR count). The van der Waals surface area contributed by atoms with E-state index in [9.17, 15) is 4.79 Å². The van der Waals surface area contributed by atoms with Crippen molar-refractivity contribution in [2.45, 2.75) is 45.1 Å². The summed E-state index contributed by atoms with van der Waals surface area (Å²) in [5.41, 5.74) is 1.81. The van der Waals surface area contributed by atoms with Crippen molar-refractivity contribution in [3.8, 4) is 0 Å². The summed E-state index contributed by atoms with van der Waals surface area (Å²) in [6, 6.07) is 9.94. The molecule has 1 aromatic carbocycles. The lowest BCUT2D eigenvalue weighted by Crippen LogP contribution is -2.43. The van der Waals surface area contributed by atoms with E-state index in [2.05, 4.69) is 15.3 Å². The van der Waals surface area contributed by atoms with Gasteiger partial charge in [0.1, 0.15) is 0 Å². The third-order valence-electron chi connectivity index (χ3n) is 3.26. The number of imidazole rings is 1. The van der Waals surface area contributed by atoms with Crippen LogP contribution in [0.5, 0.6) is 0 Å². The molecule has 0 aliphatic rings. The van der Waals surface area contributed by atoms with E-state index in [1.807, 2.05) is 57.3 Å². The summed E-state index contributed by atoms with van der Waals surface area (Å²) < 4.78 is 0. The summed E-state index contributed by atoms with van der Waals surface area (Å²) in [5, 5.41) is 3.08. The topological polar surface area (TPSA) is 57.8 Å². The standard InChI is InChI=1S/C17H23N3O/c1-17(2,3)20-16(21)15(13-7-5-4-6-8-13)10-9-14-11-18-12-19-14/h4-8,11-12,15H,9-10H2,1-3H3,(H,18,19)(H,20,21). The van der Waals surface area contributed by atoms with Gasteiger partial charge in [0.05, 0.1) is 17.9 Å². The Labute approximate surface area is 126 Å². The molecule has 1 atom stereocenters. The van der Waals surface area contributed by atoms with Crippen LogP contribution in [0, 0.1) is 0 Å². The van der Waals surface area contributed by atoms with Crippen molar-refractivity contribution >= 4 is 5.91 Å². The second-order valence-corrected chi connectivity index (χ2v) is 6.30. The van der Waals surface area contributed by atoms with Gasteiger partial charge in [-0.3, -0.25) is 4.79 Å². The number of H-pyrrole nitrogens is 1. The van der Waals surface area contributed by atoms with Crippen LogP contribution in [0.25, 0.3) is 0 Å². The fourth-order valence-electron chi connectivity index (χ4n) is 2.31. The van der Waals surface area contributed by atoms with Crippen molar-refractivity contribution in [2.75, 3.05) is 0 Å². The van der Waals surface area contributed by atoms with Crippen molar-refractivity contribution in [1.82, 2.24) is 15.3 Å². The molecule has 0 saturated carbocycles. The number of rotatable bonds is 5. The van der Waals surface area contributed by atoms with Crippen LogP contribution in [0.3, 0.4) is 0 Å². The molecule has 2 aromatic rings. The molecule has 21 heavy (non-hydrogen) atoms. The van der Waals surface area contributed by atoms with E-state index in [0.29, 0.717) is 0 Å². The summed E-state index contributed by atoms with van der Waals surface area (Å²) in [6.45, 7) is 6.00. The van der Waals surface area contributed by atoms with Gasteiger partial charge < -0.3 is 10.3 Å². The van der Waals surface area contributed by atoms with Crippen molar-refractivity contribution < 1.29 is 4.79 Å². The summed E-state index contributed by atoms with van der Waals surface area (Å²) >= 11 is 0. The number of amides is 1. The Morgan fingerprint density at radius 1 is 1.29 bits per heavy atom. The molecule has 0 fully saturated rings. The minimum atomic E-state index is -0.226. The Bertz CT molecular complexity index is 555. The highest BCUT2D eigenvalue weighted by Gasteiger charge is 2.24. The maximum atomic E-state index is 12.6. The Hall–Kier alpha value is -2.10. The first kappa shape index (κ1) is 15.3. The van der Waals surface area contributed by atoms with Gasteiger partial charge in [0.2, 0.25) is 5.91 Å². The summed E-state index contributed by atoms with van der Waals surface area (Å²) in [6.07, 6.45) is 5.07. The van der Waals surface area contributed by atoms with Crippen molar-refractivity contribution in [2.24, 2.45) is 0 Å². The highest BCUT2D eigenvalue weighted by atomic mass is 16.2. The van der Waals surface area contributed by atoms with Crippen LogP contribution in [0.15, 0.2) is 42.9 Å². The quantitative estimate of drug-likeness (QED) is 0.887. The van der Waals surface area contributed by atoms with Gasteiger partial charge in [-0.15, -0.1) is 0 Å². The molecule has 4 nitrogen and oxygen atoms in total. The third-order valence-corrected chi connectivity index (χ3v) is 3.26. The Balaban J connectivity index is 2.12. The van der Waals surface area contributed by atoms with Crippen LogP contribution in [0.1, 0.15) is 44.4 Å². The van der Waals surface area contributed by atoms with Gasteiger partial charge in [0.15, 0.2) is 0 Å². The number of nitrogens with zero attached hydrogens (tertiary/aromatic N) is 1. The molecular weight excluding hydrogens is 262 g/mol. The molecule has 1 aromatic heterocycles. The van der Waals surface area contributed by atoms with Crippen LogP contribution >= 0.6 is 0 Å². The van der Waals surface area contributed by atoms with Gasteiger partial charge in [-0.05, 0) is 39.2 Å². The normalized spacial score (nSPS) is 12.9. The van der Waals surface area contributed by atoms with E-state index in [1.54, 1.807) is 6.33 Å². The maximum Gasteiger partial charge on any atom is 0.227 e. The van der Waals surface area contributed by atoms with Crippen LogP contribution in [-0.2, 0) is 11.2 Å². The average molecular weight is 285 g/mol. The SMILES string of the molecule is CC(C)(C)NC(=O)C(CCc1c[nH]cn1)c1ccccc1. The molecule has 4 heteroatoms. The number of nitrogens with one attached hydrogen (secondary N) is 2. The predicted octanol–water partition coefficient (Wildman–Crippen LogP) is 3.04. The van der Waals surface area contributed by atoms with Gasteiger partial charge in [-0.2, -0.15) is 0 Å². The van der Waals surface area contributed by atoms with Crippen molar-refractivity contribution in [1.29, 1.82) is 0 Å². The minimum absolute atomic E-state index is 0.0734. The predicted molar refractivity (Wildman–Crippen MR) is 84.0 cm³/mol. The van der Waals surface area contributed by atoms with Gasteiger partial charge in [0.25, 0.3) is 0 Å². The maximum absolute atomic E-state index is 12.6. The zero-order valence-corrected chi connectivity index (χ0v) is 12.9. The van der Waals surface area contributed by atoms with Crippen LogP contribution in [0.2, 0.25) is 0 Å². The molecule has 1 heterocycles. The first-order chi connectivity index (χ1) is 9.96. The molecule has 0 radical (unpaired) electrons. The zero-order chi connectivity index (χ0) is 15.3. The van der Waals surface area contributed by atoms with Crippen molar-refractivity contribution in [3.05, 3.63) is 54.1 Å². The molecule has 0 aliphatic carbocycles. The first-order valence-corrected chi connectivity index (χ1v) is 7.30. The van der Waals surface area contributed by atoms with Gasteiger partial charge in [0, 0.05) is 11.7 Å². The second kappa shape index (κ2) is 6.57. The third kappa shape index (κ3) is 4.74. The van der Waals surface area contributed by atoms with E-state index in [4.69, 9.17) is 0 Å². The number of aromatic nitrogens is 2. The number of carbonyl (C=O) groups excluding carboxylic acids is 1. The van der Waals surface area contributed by atoms with Crippen LogP contribution in [-0.4, -0.2) is 21.4 Å². The molecule has 1 amide bonds. The fourth-order valence-corrected chi connectivity index (χ4v) is 2.31. The monoisotopic (exact) mass is 285 g/mol. The number of aryl methyl sites for hydroxylation is 1. The van der Waals surface area contributed by atoms with E-state index >= 15 is 0 Å². The van der Waals surface area contributed by atoms with Crippen molar-refractivity contribution in [3.63, 3.8) is 0 Å². The number of benzene rings is 1. The fraction of sp³-hybridized carbons (Fsp3) is 0.412. The lowest BCUT2D eigenvalue weighted by molar-refractivity contribution is -0.124. The van der Waals surface area contributed by atoms with Crippen LogP contribution < -0.4 is 5.32 Å². The minimum Gasteiger partial charge on any atom is -0.351 e. The summed E-state index contributed by atoms with van der Waals surface area (Å²) in [7, 11) is 0. The van der Waals surface area contributed by atoms with E-state index in [-0.39, 0.29) is 17.4 Å². The molecule has 2 N–H and O–H groups in total. The molecular formula is C17H23N3O. The Kier molecular flexibility index (Phi) is 4.78. The molecule has 0 bridgehead atoms. The average Bonchev–Trinajstić information content (AvgIpc) is 2.91. The molecule has 112 valence electrons. The van der Waals surface area contributed by atoms with E-state index < -0.39 is 0 Å². The molecule has 0 saturated heterocycles. The number of aromatic amines is 1. The summed E-state index contributed by atoms with van der Waals surface area (Å²) in [5.74, 6) is -0.0774. The zero-order valence-electron chi connectivity index (χ0n) is 12.9. The number of carbonyl (C=O) groups is 1. The lowest BCUT2D eigenvalue weighted by Gasteiger charge is -2.25. The van der Waals surface area contributed by atoms with Gasteiger partial charge in [-0.25, -0.2) is 4.98 Å². The molecule has 0 aliphatic heterocycles. The molecule has 0 spiro atoms. The number of hydrogen-bond donors (Lipinski definition) is 2. The van der Waals surface area contributed by atoms with Crippen LogP contribution in [0.4, 0.5) is 0 Å². The number of hydrogen-bond acceptors (Lipinski definition) is 2. The first-order valence-electron chi connectivity index (χ1n) is 7.30. The highest BCUT2D eigenvalue weighted by molar-refractivity contribution is 5.84. The Morgan fingerprint density at radius 3 is 2.57 bits per heavy atom. The Morgan fingerprint density at radius 2 is 2.00 bits per heavy atom. The van der Waals surface area contributed by atoms with E-state index in [1.165, 1.54) is 0 Å². The highest BCUT2D eigenvalue weighted by Crippen LogP contribution is 2.22. The summed E-state index contributed by atoms with van der Waals surface area (Å²) in [4.78, 5) is 19.8. The van der Waals surface area contributed by atoms with Gasteiger partial charge in [-0.1, -0.05) is 30.3 Å². The van der Waals surface area contributed by atoms with E-state index in [0.717, 1.165) is 24.1 Å². The van der Waals surface area contributed by atoms with Gasteiger partial charge >= 0.3 is 0 Å². The smallest absolute Gasteiger partial charge is 0.227 e. The largest absolute Gasteiger partial charge is 0.351 e.